The van der Waals surface area contributed by atoms with Crippen LogP contribution >= 0.6 is 0 Å². The van der Waals surface area contributed by atoms with E-state index in [1.807, 2.05) is 67.1 Å². The van der Waals surface area contributed by atoms with Gasteiger partial charge < -0.3 is 4.90 Å². The number of nitrogens with zero attached hydrogens (tertiary/aromatic N) is 7. The van der Waals surface area contributed by atoms with E-state index in [4.69, 9.17) is 4.98 Å². The normalized spacial score (nSPS) is 16.5. The summed E-state index contributed by atoms with van der Waals surface area (Å²) in [5, 5.41) is 20.9. The number of hydrogen-bond acceptors (Lipinski definition) is 6. The number of anilines is 1. The molecule has 1 fully saturated rings. The number of hydrogen-bond donors (Lipinski definition) is 1. The molecule has 8 nitrogen and oxygen atoms in total. The predicted molar refractivity (Wildman–Crippen MR) is 110 cm³/mol. The van der Waals surface area contributed by atoms with Crippen LogP contribution in [0.1, 0.15) is 36.1 Å². The number of benzene rings is 1. The molecule has 0 aliphatic carbocycles. The van der Waals surface area contributed by atoms with Crippen molar-refractivity contribution in [1.82, 2.24) is 35.2 Å². The first-order chi connectivity index (χ1) is 14.2. The maximum Gasteiger partial charge on any atom is 0.181 e. The lowest BCUT2D eigenvalue weighted by Gasteiger charge is -2.23. The van der Waals surface area contributed by atoms with Crippen molar-refractivity contribution < 1.29 is 0 Å². The SMILES string of the molecule is Cc1cc(C)n(-c2ccc(N3CCCC3c3nc(-c4ccccc4)n[nH]3)nn2)n1. The van der Waals surface area contributed by atoms with Crippen LogP contribution in [-0.2, 0) is 0 Å². The summed E-state index contributed by atoms with van der Waals surface area (Å²) in [6.07, 6.45) is 2.08. The summed E-state index contributed by atoms with van der Waals surface area (Å²) in [7, 11) is 0. The molecule has 8 heteroatoms. The lowest BCUT2D eigenvalue weighted by molar-refractivity contribution is 0.658. The third kappa shape index (κ3) is 3.26. The summed E-state index contributed by atoms with van der Waals surface area (Å²) in [6, 6.07) is 16.1. The fourth-order valence-corrected chi connectivity index (χ4v) is 3.91. The molecule has 0 radical (unpaired) electrons. The fourth-order valence-electron chi connectivity index (χ4n) is 3.91. The zero-order valence-corrected chi connectivity index (χ0v) is 16.4. The van der Waals surface area contributed by atoms with Crippen molar-refractivity contribution in [3.8, 4) is 17.2 Å². The molecule has 1 aliphatic heterocycles. The van der Waals surface area contributed by atoms with Gasteiger partial charge in [0.15, 0.2) is 17.5 Å². The Labute approximate surface area is 168 Å². The molecule has 1 N–H and O–H groups in total. The summed E-state index contributed by atoms with van der Waals surface area (Å²) >= 11 is 0. The van der Waals surface area contributed by atoms with Crippen LogP contribution in [0.25, 0.3) is 17.2 Å². The van der Waals surface area contributed by atoms with Crippen LogP contribution < -0.4 is 4.90 Å². The highest BCUT2D eigenvalue weighted by atomic mass is 15.4. The van der Waals surface area contributed by atoms with Gasteiger partial charge in [-0.15, -0.1) is 10.2 Å². The summed E-state index contributed by atoms with van der Waals surface area (Å²) in [4.78, 5) is 6.99. The van der Waals surface area contributed by atoms with Gasteiger partial charge in [0.1, 0.15) is 5.82 Å². The summed E-state index contributed by atoms with van der Waals surface area (Å²) in [5.74, 6) is 3.15. The Morgan fingerprint density at radius 2 is 1.79 bits per heavy atom. The quantitative estimate of drug-likeness (QED) is 0.578. The molecule has 0 spiro atoms. The Hall–Kier alpha value is -3.55. The Bertz CT molecular complexity index is 1110. The Balaban J connectivity index is 1.40. The molecular weight excluding hydrogens is 364 g/mol. The van der Waals surface area contributed by atoms with Gasteiger partial charge in [0.05, 0.1) is 11.7 Å². The zero-order valence-electron chi connectivity index (χ0n) is 16.4. The Morgan fingerprint density at radius 3 is 2.52 bits per heavy atom. The monoisotopic (exact) mass is 386 g/mol. The van der Waals surface area contributed by atoms with Crippen molar-refractivity contribution in [2.45, 2.75) is 32.7 Å². The second-order valence-corrected chi connectivity index (χ2v) is 7.35. The first-order valence-corrected chi connectivity index (χ1v) is 9.81. The smallest absolute Gasteiger partial charge is 0.181 e. The predicted octanol–water partition coefficient (Wildman–Crippen LogP) is 3.41. The minimum atomic E-state index is 0.119. The molecule has 1 aliphatic rings. The van der Waals surface area contributed by atoms with Gasteiger partial charge in [-0.25, -0.2) is 9.67 Å². The first kappa shape index (κ1) is 17.5. The van der Waals surface area contributed by atoms with Gasteiger partial charge in [-0.1, -0.05) is 30.3 Å². The maximum atomic E-state index is 4.75. The van der Waals surface area contributed by atoms with Gasteiger partial charge in [-0.2, -0.15) is 10.2 Å². The van der Waals surface area contributed by atoms with Crippen molar-refractivity contribution in [3.63, 3.8) is 0 Å². The maximum absolute atomic E-state index is 4.75. The molecule has 29 heavy (non-hydrogen) atoms. The van der Waals surface area contributed by atoms with E-state index in [1.54, 1.807) is 0 Å². The first-order valence-electron chi connectivity index (χ1n) is 9.81. The number of rotatable bonds is 4. The fraction of sp³-hybridized carbons (Fsp3) is 0.286. The minimum Gasteiger partial charge on any atom is -0.345 e. The molecule has 1 unspecified atom stereocenters. The van der Waals surface area contributed by atoms with Gasteiger partial charge in [-0.05, 0) is 44.9 Å². The van der Waals surface area contributed by atoms with E-state index in [0.29, 0.717) is 0 Å². The number of aromatic amines is 1. The largest absolute Gasteiger partial charge is 0.345 e. The molecule has 1 atom stereocenters. The second-order valence-electron chi connectivity index (χ2n) is 7.35. The molecule has 1 aromatic carbocycles. The Morgan fingerprint density at radius 1 is 1.00 bits per heavy atom. The summed E-state index contributed by atoms with van der Waals surface area (Å²) < 4.78 is 1.82. The highest BCUT2D eigenvalue weighted by molar-refractivity contribution is 5.54. The van der Waals surface area contributed by atoms with E-state index in [9.17, 15) is 0 Å². The summed E-state index contributed by atoms with van der Waals surface area (Å²) in [5.41, 5.74) is 3.01. The van der Waals surface area contributed by atoms with Gasteiger partial charge >= 0.3 is 0 Å². The molecule has 0 saturated carbocycles. The van der Waals surface area contributed by atoms with E-state index in [-0.39, 0.29) is 6.04 Å². The average molecular weight is 386 g/mol. The van der Waals surface area contributed by atoms with Gasteiger partial charge in [0.25, 0.3) is 0 Å². The minimum absolute atomic E-state index is 0.119. The van der Waals surface area contributed by atoms with Crippen molar-refractivity contribution in [1.29, 1.82) is 0 Å². The van der Waals surface area contributed by atoms with Crippen LogP contribution in [0.15, 0.2) is 48.5 Å². The van der Waals surface area contributed by atoms with Gasteiger partial charge in [0.2, 0.25) is 0 Å². The van der Waals surface area contributed by atoms with Crippen molar-refractivity contribution in [2.24, 2.45) is 0 Å². The van der Waals surface area contributed by atoms with E-state index in [0.717, 1.165) is 59.6 Å². The van der Waals surface area contributed by atoms with Gasteiger partial charge in [-0.3, -0.25) is 5.10 Å². The third-order valence-electron chi connectivity index (χ3n) is 5.26. The highest BCUT2D eigenvalue weighted by Crippen LogP contribution is 2.34. The van der Waals surface area contributed by atoms with Crippen molar-refractivity contribution in [3.05, 3.63) is 65.7 Å². The van der Waals surface area contributed by atoms with Crippen LogP contribution in [0.3, 0.4) is 0 Å². The molecular formula is C21H22N8. The zero-order chi connectivity index (χ0) is 19.8. The number of H-pyrrole nitrogens is 1. The lowest BCUT2D eigenvalue weighted by atomic mass is 10.2. The van der Waals surface area contributed by atoms with Crippen LogP contribution in [0.4, 0.5) is 5.82 Å². The van der Waals surface area contributed by atoms with Crippen molar-refractivity contribution in [2.75, 3.05) is 11.4 Å². The molecule has 0 amide bonds. The lowest BCUT2D eigenvalue weighted by Crippen LogP contribution is -2.25. The van der Waals surface area contributed by atoms with Crippen LogP contribution in [-0.4, -0.2) is 41.7 Å². The van der Waals surface area contributed by atoms with Crippen LogP contribution in [0.2, 0.25) is 0 Å². The molecule has 5 rings (SSSR count). The molecule has 3 aromatic heterocycles. The topological polar surface area (TPSA) is 88.4 Å². The van der Waals surface area contributed by atoms with Crippen LogP contribution in [0, 0.1) is 13.8 Å². The van der Waals surface area contributed by atoms with E-state index >= 15 is 0 Å². The number of nitrogens with one attached hydrogen (secondary N) is 1. The standard InChI is InChI=1S/C21H22N8/c1-14-13-15(2)29(27-14)19-11-10-18(23-24-19)28-12-6-9-17(28)21-22-20(25-26-21)16-7-4-3-5-8-16/h3-5,7-8,10-11,13,17H,6,9,12H2,1-2H3,(H,22,25,26). The number of aryl methyl sites for hydroxylation is 2. The number of aromatic nitrogens is 7. The van der Waals surface area contributed by atoms with E-state index < -0.39 is 0 Å². The average Bonchev–Trinajstić information content (AvgIpc) is 3.48. The molecule has 4 aromatic rings. The van der Waals surface area contributed by atoms with E-state index in [1.165, 1.54) is 0 Å². The molecule has 1 saturated heterocycles. The molecule has 146 valence electrons. The van der Waals surface area contributed by atoms with Crippen LogP contribution in [0.5, 0.6) is 0 Å². The summed E-state index contributed by atoms with van der Waals surface area (Å²) in [6.45, 7) is 4.90. The second kappa shape index (κ2) is 7.12. The molecule has 4 heterocycles. The Kier molecular flexibility index (Phi) is 4.31. The van der Waals surface area contributed by atoms with Gasteiger partial charge in [0, 0.05) is 17.8 Å². The van der Waals surface area contributed by atoms with Crippen molar-refractivity contribution >= 4 is 5.82 Å². The highest BCUT2D eigenvalue weighted by Gasteiger charge is 2.30. The molecule has 0 bridgehead atoms. The third-order valence-corrected chi connectivity index (χ3v) is 5.26. The van der Waals surface area contributed by atoms with E-state index in [2.05, 4.69) is 30.4 Å².